The van der Waals surface area contributed by atoms with Crippen molar-refractivity contribution in [3.05, 3.63) is 89.0 Å². The number of aliphatic hydroxyl groups is 1. The van der Waals surface area contributed by atoms with Crippen LogP contribution in [0.4, 0.5) is 23.2 Å². The predicted octanol–water partition coefficient (Wildman–Crippen LogP) is 4.87. The molecule has 1 aromatic heterocycles. The molecule has 0 aliphatic heterocycles. The van der Waals surface area contributed by atoms with E-state index in [1.54, 1.807) is 25.1 Å². The molecule has 5 nitrogen and oxygen atoms in total. The Labute approximate surface area is 188 Å². The highest BCUT2D eigenvalue weighted by Crippen LogP contribution is 2.29. The number of halogens is 4. The van der Waals surface area contributed by atoms with E-state index in [-0.39, 0.29) is 18.5 Å². The summed E-state index contributed by atoms with van der Waals surface area (Å²) in [5.41, 5.74) is 0.909. The molecule has 0 aliphatic rings. The number of methoxy groups -OCH3 is 1. The Hall–Kier alpha value is -3.46. The van der Waals surface area contributed by atoms with Gasteiger partial charge in [0, 0.05) is 30.5 Å². The normalized spacial score (nSPS) is 12.3. The summed E-state index contributed by atoms with van der Waals surface area (Å²) >= 11 is 0. The zero-order valence-electron chi connectivity index (χ0n) is 17.9. The van der Waals surface area contributed by atoms with E-state index in [1.807, 2.05) is 0 Å². The highest BCUT2D eigenvalue weighted by molar-refractivity contribution is 5.97. The first-order valence-corrected chi connectivity index (χ1v) is 10.0. The first-order chi connectivity index (χ1) is 15.6. The van der Waals surface area contributed by atoms with Gasteiger partial charge in [0.05, 0.1) is 12.7 Å². The lowest BCUT2D eigenvalue weighted by atomic mass is 10.1. The van der Waals surface area contributed by atoms with Crippen molar-refractivity contribution < 1.29 is 32.2 Å². The van der Waals surface area contributed by atoms with Crippen molar-refractivity contribution in [2.75, 3.05) is 18.6 Å². The third kappa shape index (κ3) is 5.87. The van der Waals surface area contributed by atoms with Crippen molar-refractivity contribution in [1.29, 1.82) is 0 Å². The second-order valence-electron chi connectivity index (χ2n) is 7.38. The fourth-order valence-electron chi connectivity index (χ4n) is 3.30. The molecular formula is C24H22F4N2O3. The van der Waals surface area contributed by atoms with Gasteiger partial charge in [0.25, 0.3) is 5.91 Å². The van der Waals surface area contributed by atoms with Crippen LogP contribution in [0, 0.1) is 12.7 Å². The number of aromatic nitrogens is 1. The number of benzene rings is 2. The summed E-state index contributed by atoms with van der Waals surface area (Å²) in [6.07, 6.45) is -5.17. The molecule has 1 heterocycles. The molecule has 3 aromatic rings. The fourth-order valence-corrected chi connectivity index (χ4v) is 3.30. The smallest absolute Gasteiger partial charge is 0.417 e. The summed E-state index contributed by atoms with van der Waals surface area (Å²) in [7, 11) is 1.51. The summed E-state index contributed by atoms with van der Waals surface area (Å²) in [5.74, 6) is -0.567. The molecule has 1 N–H and O–H groups in total. The highest BCUT2D eigenvalue weighted by Gasteiger charge is 2.31. The molecule has 0 bridgehead atoms. The van der Waals surface area contributed by atoms with Crippen LogP contribution in [0.1, 0.15) is 28.5 Å². The van der Waals surface area contributed by atoms with Gasteiger partial charge in [-0.05, 0) is 60.5 Å². The third-order valence-corrected chi connectivity index (χ3v) is 5.12. The molecule has 3 rings (SSSR count). The van der Waals surface area contributed by atoms with Gasteiger partial charge in [-0.25, -0.2) is 4.39 Å². The number of hydrogen-bond donors (Lipinski definition) is 1. The molecule has 0 aliphatic carbocycles. The Morgan fingerprint density at radius 2 is 1.82 bits per heavy atom. The van der Waals surface area contributed by atoms with Crippen LogP contribution in [0.25, 0.3) is 0 Å². The number of pyridine rings is 1. The van der Waals surface area contributed by atoms with Gasteiger partial charge < -0.3 is 14.7 Å². The van der Waals surface area contributed by atoms with Crippen LogP contribution >= 0.6 is 0 Å². The van der Waals surface area contributed by atoms with E-state index in [1.165, 1.54) is 30.2 Å². The topological polar surface area (TPSA) is 62.7 Å². The van der Waals surface area contributed by atoms with E-state index in [2.05, 4.69) is 4.98 Å². The molecule has 1 atom stereocenters. The van der Waals surface area contributed by atoms with Gasteiger partial charge in [0.15, 0.2) is 6.10 Å². The second kappa shape index (κ2) is 9.99. The minimum atomic E-state index is -4.49. The maximum absolute atomic E-state index is 13.2. The average molecular weight is 462 g/mol. The number of amides is 1. The van der Waals surface area contributed by atoms with Gasteiger partial charge in [-0.3, -0.25) is 9.78 Å². The van der Waals surface area contributed by atoms with Crippen molar-refractivity contribution in [1.82, 2.24) is 4.98 Å². The zero-order valence-corrected chi connectivity index (χ0v) is 17.9. The summed E-state index contributed by atoms with van der Waals surface area (Å²) in [6, 6.07) is 12.1. The van der Waals surface area contributed by atoms with Crippen molar-refractivity contribution in [2.45, 2.75) is 25.6 Å². The fraction of sp³-hybridized carbons (Fsp3) is 0.250. The lowest BCUT2D eigenvalue weighted by molar-refractivity contribution is -0.137. The molecule has 174 valence electrons. The predicted molar refractivity (Wildman–Crippen MR) is 114 cm³/mol. The number of nitrogens with zero attached hydrogens (tertiary/aromatic N) is 2. The average Bonchev–Trinajstić information content (AvgIpc) is 2.79. The molecule has 33 heavy (non-hydrogen) atoms. The molecule has 9 heteroatoms. The Morgan fingerprint density at radius 3 is 2.36 bits per heavy atom. The number of carbonyl (C=O) groups excluding carboxylic acids is 1. The Bertz CT molecular complexity index is 1100. The van der Waals surface area contributed by atoms with Crippen LogP contribution in [-0.4, -0.2) is 29.7 Å². The molecule has 0 saturated carbocycles. The van der Waals surface area contributed by atoms with E-state index in [0.717, 1.165) is 30.0 Å². The van der Waals surface area contributed by atoms with Crippen LogP contribution < -0.4 is 9.64 Å². The summed E-state index contributed by atoms with van der Waals surface area (Å²) in [6.45, 7) is 1.83. The molecular weight excluding hydrogens is 440 g/mol. The van der Waals surface area contributed by atoms with Gasteiger partial charge in [-0.15, -0.1) is 0 Å². The Morgan fingerprint density at radius 1 is 1.12 bits per heavy atom. The molecule has 2 aromatic carbocycles. The van der Waals surface area contributed by atoms with E-state index >= 15 is 0 Å². The third-order valence-electron chi connectivity index (χ3n) is 5.12. The second-order valence-corrected chi connectivity index (χ2v) is 7.38. The quantitative estimate of drug-likeness (QED) is 0.509. The number of anilines is 1. The summed E-state index contributed by atoms with van der Waals surface area (Å²) in [5, 5.41) is 10.6. The van der Waals surface area contributed by atoms with Crippen molar-refractivity contribution in [2.24, 2.45) is 0 Å². The SMILES string of the molecule is COc1ccc(N(CCc2ccc(C(F)(F)F)cn2)C(=O)C(O)c2ccc(F)cc2)cc1C. The molecule has 0 radical (unpaired) electrons. The number of carbonyl (C=O) groups is 1. The van der Waals surface area contributed by atoms with Gasteiger partial charge >= 0.3 is 6.18 Å². The Balaban J connectivity index is 1.87. The van der Waals surface area contributed by atoms with E-state index in [0.29, 0.717) is 17.1 Å². The number of aliphatic hydroxyl groups excluding tert-OH is 1. The number of aryl methyl sites for hydroxylation is 1. The van der Waals surface area contributed by atoms with Gasteiger partial charge in [-0.2, -0.15) is 13.2 Å². The lowest BCUT2D eigenvalue weighted by Gasteiger charge is -2.26. The molecule has 0 fully saturated rings. The molecule has 0 saturated heterocycles. The number of ether oxygens (including phenoxy) is 1. The maximum atomic E-state index is 13.2. The van der Waals surface area contributed by atoms with Crippen LogP contribution in [0.5, 0.6) is 5.75 Å². The molecule has 1 amide bonds. The van der Waals surface area contributed by atoms with E-state index in [4.69, 9.17) is 4.74 Å². The minimum Gasteiger partial charge on any atom is -0.496 e. The lowest BCUT2D eigenvalue weighted by Crippen LogP contribution is -2.37. The van der Waals surface area contributed by atoms with Crippen molar-refractivity contribution in [3.8, 4) is 5.75 Å². The van der Waals surface area contributed by atoms with Gasteiger partial charge in [0.1, 0.15) is 11.6 Å². The number of hydrogen-bond acceptors (Lipinski definition) is 4. The van der Waals surface area contributed by atoms with E-state index < -0.39 is 29.6 Å². The summed E-state index contributed by atoms with van der Waals surface area (Å²) < 4.78 is 56.8. The molecule has 1 unspecified atom stereocenters. The van der Waals surface area contributed by atoms with Crippen LogP contribution in [-0.2, 0) is 17.4 Å². The van der Waals surface area contributed by atoms with E-state index in [9.17, 15) is 27.5 Å². The summed E-state index contributed by atoms with van der Waals surface area (Å²) in [4.78, 5) is 18.3. The highest BCUT2D eigenvalue weighted by atomic mass is 19.4. The van der Waals surface area contributed by atoms with Crippen LogP contribution in [0.15, 0.2) is 60.8 Å². The maximum Gasteiger partial charge on any atom is 0.417 e. The van der Waals surface area contributed by atoms with Crippen LogP contribution in [0.2, 0.25) is 0 Å². The van der Waals surface area contributed by atoms with Gasteiger partial charge in [0.2, 0.25) is 0 Å². The number of rotatable bonds is 7. The monoisotopic (exact) mass is 462 g/mol. The minimum absolute atomic E-state index is 0.0429. The first-order valence-electron chi connectivity index (χ1n) is 10.0. The largest absolute Gasteiger partial charge is 0.496 e. The first kappa shape index (κ1) is 24.2. The Kier molecular flexibility index (Phi) is 7.33. The standard InChI is InChI=1S/C24H22F4N2O3/c1-15-13-20(9-10-21(15)33-2)30(23(32)22(31)16-3-6-18(25)7-4-16)12-11-19-8-5-17(14-29-19)24(26,27)28/h3-10,13-14,22,31H,11-12H2,1-2H3. The van der Waals surface area contributed by atoms with Gasteiger partial charge in [-0.1, -0.05) is 12.1 Å². The van der Waals surface area contributed by atoms with Crippen molar-refractivity contribution in [3.63, 3.8) is 0 Å². The molecule has 0 spiro atoms. The van der Waals surface area contributed by atoms with Crippen LogP contribution in [0.3, 0.4) is 0 Å². The van der Waals surface area contributed by atoms with Crippen molar-refractivity contribution >= 4 is 11.6 Å². The zero-order chi connectivity index (χ0) is 24.2. The number of alkyl halides is 3.